The van der Waals surface area contributed by atoms with Crippen LogP contribution in [0.4, 0.5) is 8.63 Å². The standard InChI is InChI=1S/C22H33BF2N2/c1-12-17(21(6,7)8)15(4)26-19(12)14(3)20-13(2)18(22(9,10)11)16(5)27(20)23(26,24)25/h1-11H3. The Balaban J connectivity index is 2.49. The minimum Gasteiger partial charge on any atom is -0.393 e. The van der Waals surface area contributed by atoms with Gasteiger partial charge in [-0.05, 0) is 55.3 Å². The molecule has 3 rings (SSSR count). The van der Waals surface area contributed by atoms with E-state index in [0.717, 1.165) is 27.8 Å². The lowest BCUT2D eigenvalue weighted by atomic mass is 9.81. The molecule has 0 saturated carbocycles. The molecule has 0 unspecified atom stereocenters. The fourth-order valence-electron chi connectivity index (χ4n) is 5.86. The van der Waals surface area contributed by atoms with Crippen LogP contribution in [0.15, 0.2) is 16.8 Å². The minimum atomic E-state index is -3.94. The van der Waals surface area contributed by atoms with Crippen molar-refractivity contribution >= 4 is 18.3 Å². The Labute approximate surface area is 162 Å². The van der Waals surface area contributed by atoms with Gasteiger partial charge in [-0.15, -0.1) is 0 Å². The van der Waals surface area contributed by atoms with Crippen LogP contribution in [-0.4, -0.2) is 21.6 Å². The molecule has 148 valence electrons. The first kappa shape index (κ1) is 20.1. The largest absolute Gasteiger partial charge is 0.737 e. The smallest absolute Gasteiger partial charge is 0.393 e. The van der Waals surface area contributed by atoms with Gasteiger partial charge >= 0.3 is 6.97 Å². The first-order valence-electron chi connectivity index (χ1n) is 9.85. The van der Waals surface area contributed by atoms with Crippen LogP contribution in [0, 0.1) is 19.3 Å². The number of aromatic nitrogens is 1. The average Bonchev–Trinajstić information content (AvgIpc) is 2.87. The molecule has 0 aromatic carbocycles. The second-order valence-corrected chi connectivity index (χ2v) is 10.3. The Bertz CT molecular complexity index is 958. The van der Waals surface area contributed by atoms with E-state index in [4.69, 9.17) is 0 Å². The lowest BCUT2D eigenvalue weighted by molar-refractivity contribution is -0.364. The topological polar surface area (TPSA) is 7.94 Å². The van der Waals surface area contributed by atoms with E-state index in [9.17, 15) is 0 Å². The van der Waals surface area contributed by atoms with Crippen LogP contribution in [0.2, 0.25) is 0 Å². The van der Waals surface area contributed by atoms with Crippen molar-refractivity contribution in [2.75, 3.05) is 0 Å². The van der Waals surface area contributed by atoms with E-state index in [0.29, 0.717) is 22.8 Å². The number of allylic oxidation sites excluding steroid dienone is 3. The molecule has 0 aliphatic carbocycles. The Kier molecular flexibility index (Phi) is 4.06. The average molecular weight is 374 g/mol. The summed E-state index contributed by atoms with van der Waals surface area (Å²) >= 11 is 0. The second-order valence-electron chi connectivity index (χ2n) is 10.3. The van der Waals surface area contributed by atoms with Crippen LogP contribution in [0.25, 0.3) is 5.57 Å². The van der Waals surface area contributed by atoms with Crippen LogP contribution in [0.3, 0.4) is 0 Å². The molecule has 0 fully saturated rings. The van der Waals surface area contributed by atoms with Gasteiger partial charge in [0.2, 0.25) is 0 Å². The van der Waals surface area contributed by atoms with E-state index in [2.05, 4.69) is 41.5 Å². The Hall–Kier alpha value is -1.65. The monoisotopic (exact) mass is 374 g/mol. The van der Waals surface area contributed by atoms with Gasteiger partial charge in [-0.1, -0.05) is 41.5 Å². The van der Waals surface area contributed by atoms with Crippen molar-refractivity contribution in [3.05, 3.63) is 39.4 Å². The summed E-state index contributed by atoms with van der Waals surface area (Å²) in [5, 5.41) is 0. The molecular weight excluding hydrogens is 341 g/mol. The van der Waals surface area contributed by atoms with E-state index >= 15 is 8.63 Å². The van der Waals surface area contributed by atoms with E-state index in [-0.39, 0.29) is 10.8 Å². The molecule has 0 amide bonds. The highest BCUT2D eigenvalue weighted by Gasteiger charge is 2.57. The summed E-state index contributed by atoms with van der Waals surface area (Å²) in [4.78, 5) is 0. The maximum absolute atomic E-state index is 16.0. The van der Waals surface area contributed by atoms with Gasteiger partial charge in [0.05, 0.1) is 0 Å². The van der Waals surface area contributed by atoms with Gasteiger partial charge in [-0.3, -0.25) is 0 Å². The molecule has 27 heavy (non-hydrogen) atoms. The fraction of sp³-hybridized carbons (Fsp3) is 0.591. The molecule has 1 aromatic heterocycles. The molecule has 1 aromatic rings. The summed E-state index contributed by atoms with van der Waals surface area (Å²) in [6, 6.07) is 0. The van der Waals surface area contributed by atoms with Crippen molar-refractivity contribution < 1.29 is 13.1 Å². The predicted octanol–water partition coefficient (Wildman–Crippen LogP) is 6.22. The van der Waals surface area contributed by atoms with Crippen LogP contribution in [-0.2, 0) is 5.41 Å². The van der Waals surface area contributed by atoms with E-state index in [1.807, 2.05) is 34.6 Å². The number of hydrogen-bond donors (Lipinski definition) is 0. The number of hydrogen-bond acceptors (Lipinski definition) is 0. The van der Waals surface area contributed by atoms with Gasteiger partial charge in [-0.2, -0.15) is 0 Å². The molecule has 0 radical (unpaired) electrons. The van der Waals surface area contributed by atoms with E-state index in [1.165, 1.54) is 8.96 Å². The predicted molar refractivity (Wildman–Crippen MR) is 112 cm³/mol. The summed E-state index contributed by atoms with van der Waals surface area (Å²) in [5.74, 6) is 0. The molecule has 2 aliphatic heterocycles. The number of fused-ring (bicyclic) bond motifs is 2. The van der Waals surface area contributed by atoms with Crippen LogP contribution >= 0.6 is 0 Å². The maximum atomic E-state index is 16.0. The maximum Gasteiger partial charge on any atom is 0.737 e. The number of nitrogens with zero attached hydrogens (tertiary/aromatic N) is 2. The summed E-state index contributed by atoms with van der Waals surface area (Å²) < 4.78 is 34.7. The van der Waals surface area contributed by atoms with Crippen molar-refractivity contribution in [1.82, 2.24) is 4.48 Å². The van der Waals surface area contributed by atoms with Crippen molar-refractivity contribution in [2.45, 2.75) is 81.6 Å². The van der Waals surface area contributed by atoms with Crippen molar-refractivity contribution in [1.29, 1.82) is 0 Å². The van der Waals surface area contributed by atoms with Gasteiger partial charge in [-0.25, -0.2) is 0 Å². The molecule has 5 heteroatoms. The molecule has 0 spiro atoms. The van der Waals surface area contributed by atoms with Gasteiger partial charge in [0.1, 0.15) is 5.71 Å². The highest BCUT2D eigenvalue weighted by molar-refractivity contribution is 6.58. The Morgan fingerprint density at radius 3 is 1.78 bits per heavy atom. The van der Waals surface area contributed by atoms with Crippen LogP contribution in [0.1, 0.15) is 84.8 Å². The first-order chi connectivity index (χ1) is 12.0. The molecule has 3 heterocycles. The van der Waals surface area contributed by atoms with Gasteiger partial charge in [0.15, 0.2) is 5.70 Å². The van der Waals surface area contributed by atoms with Crippen LogP contribution < -0.4 is 0 Å². The molecule has 2 aliphatic rings. The van der Waals surface area contributed by atoms with E-state index in [1.54, 1.807) is 0 Å². The Morgan fingerprint density at radius 2 is 1.33 bits per heavy atom. The summed E-state index contributed by atoms with van der Waals surface area (Å²) in [7, 11) is 0. The van der Waals surface area contributed by atoms with Crippen molar-refractivity contribution in [3.8, 4) is 0 Å². The summed E-state index contributed by atoms with van der Waals surface area (Å²) in [5.41, 5.74) is 7.43. The van der Waals surface area contributed by atoms with Crippen LogP contribution in [0.5, 0.6) is 0 Å². The number of rotatable bonds is 0. The highest BCUT2D eigenvalue weighted by atomic mass is 19.2. The third kappa shape index (κ3) is 2.46. The molecule has 0 atom stereocenters. The van der Waals surface area contributed by atoms with E-state index < -0.39 is 6.97 Å². The van der Waals surface area contributed by atoms with Crippen molar-refractivity contribution in [3.63, 3.8) is 0 Å². The lowest BCUT2D eigenvalue weighted by Crippen LogP contribution is -2.51. The third-order valence-electron chi connectivity index (χ3n) is 6.22. The lowest BCUT2D eigenvalue weighted by Gasteiger charge is -2.33. The molecule has 0 saturated heterocycles. The first-order valence-corrected chi connectivity index (χ1v) is 9.85. The van der Waals surface area contributed by atoms with Gasteiger partial charge < -0.3 is 17.6 Å². The zero-order valence-corrected chi connectivity index (χ0v) is 18.7. The Morgan fingerprint density at radius 1 is 0.815 bits per heavy atom. The molecule has 0 N–H and O–H groups in total. The SMILES string of the molecule is CC1=C(C(C)(C)C)C(C)=[N+]2C1=C(C)c1c(C)c(C(C)(C)C)c(C)n1[B-]2(F)F. The zero-order valence-electron chi connectivity index (χ0n) is 18.7. The highest BCUT2D eigenvalue weighted by Crippen LogP contribution is 2.48. The zero-order chi connectivity index (χ0) is 20.9. The normalized spacial score (nSPS) is 19.9. The molecule has 0 bridgehead atoms. The minimum absolute atomic E-state index is 0.180. The van der Waals surface area contributed by atoms with Crippen molar-refractivity contribution in [2.24, 2.45) is 5.41 Å². The molecular formula is C22H33BF2N2. The van der Waals surface area contributed by atoms with Gasteiger partial charge in [0, 0.05) is 29.3 Å². The quantitative estimate of drug-likeness (QED) is 0.477. The summed E-state index contributed by atoms with van der Waals surface area (Å²) in [6.45, 7) is 18.4. The second kappa shape index (κ2) is 5.45. The molecule has 2 nitrogen and oxygen atoms in total. The fourth-order valence-corrected chi connectivity index (χ4v) is 5.86. The number of halogens is 2. The summed E-state index contributed by atoms with van der Waals surface area (Å²) in [6.07, 6.45) is 0. The van der Waals surface area contributed by atoms with Gasteiger partial charge in [0.25, 0.3) is 0 Å². The third-order valence-corrected chi connectivity index (χ3v) is 6.22.